The molecule has 3 heteroatoms. The molecule has 2 N–H and O–H groups in total. The summed E-state index contributed by atoms with van der Waals surface area (Å²) < 4.78 is 0. The van der Waals surface area contributed by atoms with Crippen LogP contribution in [0.1, 0.15) is 106 Å². The van der Waals surface area contributed by atoms with Crippen LogP contribution in [0.4, 0.5) is 0 Å². The largest absolute Gasteiger partial charge is 0.478 e. The van der Waals surface area contributed by atoms with Crippen LogP contribution in [0, 0.1) is 56.7 Å². The molecule has 0 aliphatic heterocycles. The summed E-state index contributed by atoms with van der Waals surface area (Å²) in [6.45, 7) is 19.0. The predicted octanol–water partition coefficient (Wildman–Crippen LogP) is 7.09. The molecule has 186 valence electrons. The van der Waals surface area contributed by atoms with E-state index in [1.807, 2.05) is 0 Å². The lowest BCUT2D eigenvalue weighted by Gasteiger charge is -2.73. The summed E-state index contributed by atoms with van der Waals surface area (Å²) in [6, 6.07) is 0. The molecule has 0 aromatic heterocycles. The highest BCUT2D eigenvalue weighted by Gasteiger charge is 2.71. The quantitative estimate of drug-likeness (QED) is 0.436. The molecule has 0 amide bonds. The van der Waals surface area contributed by atoms with Crippen LogP contribution in [0.25, 0.3) is 0 Å². The smallest absolute Gasteiger partial charge is 0.331 e. The molecule has 0 spiro atoms. The van der Waals surface area contributed by atoms with Crippen molar-refractivity contribution in [1.82, 2.24) is 0 Å². The van der Waals surface area contributed by atoms with Crippen molar-refractivity contribution in [2.24, 2.45) is 56.7 Å². The molecule has 3 nitrogen and oxygen atoms in total. The van der Waals surface area contributed by atoms with Crippen LogP contribution in [-0.4, -0.2) is 22.3 Å². The molecule has 5 fully saturated rings. The highest BCUT2D eigenvalue weighted by molar-refractivity contribution is 5.86. The van der Waals surface area contributed by atoms with Crippen molar-refractivity contribution in [2.45, 2.75) is 112 Å². The van der Waals surface area contributed by atoms with Crippen molar-refractivity contribution >= 4 is 5.97 Å². The van der Waals surface area contributed by atoms with E-state index in [2.05, 4.69) is 48.1 Å². The normalized spacial score (nSPS) is 55.0. The van der Waals surface area contributed by atoms with E-state index in [4.69, 9.17) is 0 Å². The molecule has 0 radical (unpaired) electrons. The van der Waals surface area contributed by atoms with E-state index in [9.17, 15) is 15.0 Å². The maximum atomic E-state index is 11.8. The van der Waals surface area contributed by atoms with Crippen LogP contribution in [0.3, 0.4) is 0 Å². The van der Waals surface area contributed by atoms with Crippen LogP contribution in [0.5, 0.6) is 0 Å². The fraction of sp³-hybridized carbons (Fsp3) is 0.900. The van der Waals surface area contributed by atoms with E-state index in [1.54, 1.807) is 0 Å². The molecule has 5 aliphatic rings. The molecule has 5 rings (SSSR count). The molecular weight excluding hydrogens is 408 g/mol. The van der Waals surface area contributed by atoms with E-state index in [1.165, 1.54) is 38.5 Å². The van der Waals surface area contributed by atoms with Gasteiger partial charge in [0.2, 0.25) is 0 Å². The zero-order chi connectivity index (χ0) is 24.2. The van der Waals surface area contributed by atoms with Crippen LogP contribution in [0.2, 0.25) is 0 Å². The van der Waals surface area contributed by atoms with Gasteiger partial charge in [-0.15, -0.1) is 0 Å². The molecule has 10 atom stereocenters. The summed E-state index contributed by atoms with van der Waals surface area (Å²) in [6.07, 6.45) is 11.5. The monoisotopic (exact) mass is 456 g/mol. The summed E-state index contributed by atoms with van der Waals surface area (Å²) in [5.41, 5.74) is 1.42. The number of carbonyl (C=O) groups is 1. The first-order chi connectivity index (χ1) is 15.2. The van der Waals surface area contributed by atoms with E-state index in [0.29, 0.717) is 29.2 Å². The number of aliphatic hydroxyl groups is 1. The Kier molecular flexibility index (Phi) is 5.15. The lowest BCUT2D eigenvalue weighted by atomic mass is 9.31. The lowest BCUT2D eigenvalue weighted by molar-refractivity contribution is -0.266. The average Bonchev–Trinajstić information content (AvgIpc) is 3.04. The van der Waals surface area contributed by atoms with Crippen LogP contribution in [-0.2, 0) is 4.79 Å². The third-order valence-electron chi connectivity index (χ3n) is 13.3. The third kappa shape index (κ3) is 2.87. The molecule has 5 aliphatic carbocycles. The lowest BCUT2D eigenvalue weighted by Crippen LogP contribution is -2.68. The van der Waals surface area contributed by atoms with Gasteiger partial charge in [-0.05, 0) is 114 Å². The first-order valence-corrected chi connectivity index (χ1v) is 13.8. The fourth-order valence-corrected chi connectivity index (χ4v) is 12.1. The van der Waals surface area contributed by atoms with Crippen LogP contribution >= 0.6 is 0 Å². The summed E-state index contributed by atoms with van der Waals surface area (Å²) in [5, 5.41) is 21.4. The van der Waals surface area contributed by atoms with Gasteiger partial charge in [-0.3, -0.25) is 0 Å². The summed E-state index contributed by atoms with van der Waals surface area (Å²) in [7, 11) is 0. The Bertz CT molecular complexity index is 861. The summed E-state index contributed by atoms with van der Waals surface area (Å²) >= 11 is 0. The van der Waals surface area contributed by atoms with Gasteiger partial charge >= 0.3 is 5.97 Å². The summed E-state index contributed by atoms with van der Waals surface area (Å²) in [5.74, 6) is 1.47. The second kappa shape index (κ2) is 7.11. The van der Waals surface area contributed by atoms with Gasteiger partial charge in [0, 0.05) is 5.57 Å². The van der Waals surface area contributed by atoms with Gasteiger partial charge in [0.05, 0.1) is 6.10 Å². The second-order valence-electron chi connectivity index (χ2n) is 14.7. The van der Waals surface area contributed by atoms with Crippen LogP contribution in [0.15, 0.2) is 12.2 Å². The number of aliphatic carboxylic acids is 1. The zero-order valence-corrected chi connectivity index (χ0v) is 22.0. The molecule has 0 aromatic rings. The standard InChI is InChI=1S/C30H48O3/c1-18(25(32)33)19-11-15-27(4)20(19)12-16-29(6)22(27)9-10-23-28(5)14-8-13-26(2,3)24(28)21(31)17-30(23,29)7/h19-24,31H,1,8-17H2,2-7H3,(H,32,33)/t19?,20-,21-,22+,23+,24-,27-,28+,29+,30+/m0/s1. The van der Waals surface area contributed by atoms with Gasteiger partial charge in [-0.2, -0.15) is 0 Å². The average molecular weight is 457 g/mol. The number of carboxylic acids is 1. The van der Waals surface area contributed by atoms with Crippen molar-refractivity contribution in [3.63, 3.8) is 0 Å². The van der Waals surface area contributed by atoms with Gasteiger partial charge in [0.1, 0.15) is 0 Å². The minimum absolute atomic E-state index is 0.139. The minimum atomic E-state index is -0.803. The van der Waals surface area contributed by atoms with Gasteiger partial charge in [-0.1, -0.05) is 54.5 Å². The maximum absolute atomic E-state index is 11.8. The highest BCUT2D eigenvalue weighted by Crippen LogP contribution is 2.77. The van der Waals surface area contributed by atoms with E-state index in [-0.39, 0.29) is 39.1 Å². The predicted molar refractivity (Wildman–Crippen MR) is 133 cm³/mol. The third-order valence-corrected chi connectivity index (χ3v) is 13.3. The second-order valence-corrected chi connectivity index (χ2v) is 14.7. The minimum Gasteiger partial charge on any atom is -0.478 e. The van der Waals surface area contributed by atoms with Crippen molar-refractivity contribution in [1.29, 1.82) is 0 Å². The SMILES string of the molecule is C=C(C(=O)O)C1CC[C@]2(C)[C@H]3CC[C@@H]4[C@@]5(C)CCCC(C)(C)[C@@H]5[C@@H](O)C[C@@]4(C)[C@]3(C)CC[C@@H]12. The molecule has 0 aromatic carbocycles. The van der Waals surface area contributed by atoms with E-state index in [0.717, 1.165) is 25.7 Å². The number of hydrogen-bond acceptors (Lipinski definition) is 2. The van der Waals surface area contributed by atoms with Crippen molar-refractivity contribution in [3.8, 4) is 0 Å². The number of aliphatic hydroxyl groups excluding tert-OH is 1. The van der Waals surface area contributed by atoms with Gasteiger partial charge in [-0.25, -0.2) is 4.79 Å². The Morgan fingerprint density at radius 2 is 1.45 bits per heavy atom. The van der Waals surface area contributed by atoms with Gasteiger partial charge < -0.3 is 10.2 Å². The van der Waals surface area contributed by atoms with E-state index >= 15 is 0 Å². The van der Waals surface area contributed by atoms with Crippen molar-refractivity contribution in [2.75, 3.05) is 0 Å². The fourth-order valence-electron chi connectivity index (χ4n) is 12.1. The van der Waals surface area contributed by atoms with Gasteiger partial charge in [0.15, 0.2) is 0 Å². The Morgan fingerprint density at radius 1 is 0.818 bits per heavy atom. The zero-order valence-electron chi connectivity index (χ0n) is 22.0. The highest BCUT2D eigenvalue weighted by atomic mass is 16.4. The molecule has 0 saturated heterocycles. The number of rotatable bonds is 2. The Morgan fingerprint density at radius 3 is 2.09 bits per heavy atom. The van der Waals surface area contributed by atoms with Crippen molar-refractivity contribution < 1.29 is 15.0 Å². The Labute approximate surface area is 201 Å². The first-order valence-electron chi connectivity index (χ1n) is 13.8. The molecule has 1 unspecified atom stereocenters. The van der Waals surface area contributed by atoms with Crippen molar-refractivity contribution in [3.05, 3.63) is 12.2 Å². The maximum Gasteiger partial charge on any atom is 0.331 e. The number of carboxylic acid groups (broad SMARTS) is 1. The van der Waals surface area contributed by atoms with E-state index < -0.39 is 5.97 Å². The number of fused-ring (bicyclic) bond motifs is 7. The Hall–Kier alpha value is -0.830. The Balaban J connectivity index is 1.53. The molecule has 5 saturated carbocycles. The van der Waals surface area contributed by atoms with Gasteiger partial charge in [0.25, 0.3) is 0 Å². The molecule has 0 heterocycles. The number of hydrogen-bond donors (Lipinski definition) is 2. The molecule has 0 bridgehead atoms. The summed E-state index contributed by atoms with van der Waals surface area (Å²) in [4.78, 5) is 11.8. The molecular formula is C30H48O3. The first kappa shape index (κ1) is 23.9. The topological polar surface area (TPSA) is 57.5 Å². The van der Waals surface area contributed by atoms with Crippen LogP contribution < -0.4 is 0 Å². The molecule has 33 heavy (non-hydrogen) atoms.